The molecule has 3 heterocycles. The fourth-order valence-corrected chi connectivity index (χ4v) is 3.58. The number of fused-ring (bicyclic) bond motifs is 1. The van der Waals surface area contributed by atoms with E-state index in [0.29, 0.717) is 42.2 Å². The Morgan fingerprint density at radius 2 is 2.04 bits per heavy atom. The molecule has 1 aromatic carbocycles. The number of hydrogen-bond acceptors (Lipinski definition) is 7. The normalized spacial score (nSPS) is 15.1. The summed E-state index contributed by atoms with van der Waals surface area (Å²) in [6, 6.07) is 3.99. The predicted molar refractivity (Wildman–Crippen MR) is 104 cm³/mol. The van der Waals surface area contributed by atoms with Gasteiger partial charge >= 0.3 is 5.69 Å². The number of imidazole rings is 1. The summed E-state index contributed by atoms with van der Waals surface area (Å²) in [4.78, 5) is 34.3. The Morgan fingerprint density at radius 1 is 1.29 bits per heavy atom. The van der Waals surface area contributed by atoms with Crippen molar-refractivity contribution >= 4 is 51.7 Å². The number of halogens is 2. The lowest BCUT2D eigenvalue weighted by molar-refractivity contribution is -0.383. The molecular weight excluding hydrogens is 411 g/mol. The molecule has 3 aromatic rings. The monoisotopic (exact) mass is 424 g/mol. The number of benzene rings is 1. The topological polar surface area (TPSA) is 128 Å². The van der Waals surface area contributed by atoms with E-state index < -0.39 is 4.92 Å². The molecule has 146 valence electrons. The van der Waals surface area contributed by atoms with Crippen molar-refractivity contribution in [2.75, 3.05) is 18.5 Å². The molecule has 0 saturated carbocycles. The van der Waals surface area contributed by atoms with E-state index in [2.05, 4.69) is 20.3 Å². The van der Waals surface area contributed by atoms with Crippen molar-refractivity contribution in [3.63, 3.8) is 0 Å². The van der Waals surface area contributed by atoms with E-state index >= 15 is 0 Å². The van der Waals surface area contributed by atoms with Crippen molar-refractivity contribution in [2.45, 2.75) is 18.9 Å². The SMILES string of the molecule is O=c1[nH]c2c(Cl)nc(Nc3cc(Cl)ccc3[N+](=O)[O-])nc2n1C1CCOCC1. The summed E-state index contributed by atoms with van der Waals surface area (Å²) in [6.45, 7) is 1.09. The van der Waals surface area contributed by atoms with Crippen molar-refractivity contribution in [1.82, 2.24) is 19.5 Å². The maximum atomic E-state index is 12.5. The van der Waals surface area contributed by atoms with Gasteiger partial charge in [-0.3, -0.25) is 14.7 Å². The minimum atomic E-state index is -0.549. The van der Waals surface area contributed by atoms with Crippen LogP contribution >= 0.6 is 23.2 Å². The largest absolute Gasteiger partial charge is 0.381 e. The van der Waals surface area contributed by atoms with Gasteiger partial charge in [0.05, 0.1) is 4.92 Å². The van der Waals surface area contributed by atoms with E-state index in [1.807, 2.05) is 0 Å². The highest BCUT2D eigenvalue weighted by molar-refractivity contribution is 6.33. The molecule has 0 radical (unpaired) electrons. The van der Waals surface area contributed by atoms with Gasteiger partial charge < -0.3 is 15.0 Å². The second kappa shape index (κ2) is 7.38. The molecule has 10 nitrogen and oxygen atoms in total. The number of aromatic amines is 1. The number of anilines is 2. The summed E-state index contributed by atoms with van der Waals surface area (Å²) in [5.74, 6) is 0.0164. The van der Waals surface area contributed by atoms with E-state index in [4.69, 9.17) is 27.9 Å². The molecule has 1 aliphatic heterocycles. The summed E-state index contributed by atoms with van der Waals surface area (Å²) in [5, 5.41) is 14.4. The highest BCUT2D eigenvalue weighted by Crippen LogP contribution is 2.31. The zero-order valence-electron chi connectivity index (χ0n) is 14.3. The third kappa shape index (κ3) is 3.41. The van der Waals surface area contributed by atoms with Crippen molar-refractivity contribution in [3.05, 3.63) is 49.0 Å². The van der Waals surface area contributed by atoms with Gasteiger partial charge in [-0.1, -0.05) is 23.2 Å². The third-order valence-corrected chi connectivity index (χ3v) is 4.99. The van der Waals surface area contributed by atoms with Gasteiger partial charge in [0.1, 0.15) is 11.2 Å². The van der Waals surface area contributed by atoms with Crippen molar-refractivity contribution in [1.29, 1.82) is 0 Å². The summed E-state index contributed by atoms with van der Waals surface area (Å²) < 4.78 is 6.88. The van der Waals surface area contributed by atoms with E-state index in [0.717, 1.165) is 0 Å². The van der Waals surface area contributed by atoms with Gasteiger partial charge in [0.25, 0.3) is 5.69 Å². The van der Waals surface area contributed by atoms with Crippen LogP contribution in [-0.4, -0.2) is 37.7 Å². The molecule has 28 heavy (non-hydrogen) atoms. The molecule has 2 aromatic heterocycles. The van der Waals surface area contributed by atoms with E-state index in [1.165, 1.54) is 22.8 Å². The molecule has 2 N–H and O–H groups in total. The molecule has 1 aliphatic rings. The molecule has 0 aliphatic carbocycles. The Morgan fingerprint density at radius 3 is 2.75 bits per heavy atom. The number of H-pyrrole nitrogens is 1. The number of nitro groups is 1. The van der Waals surface area contributed by atoms with Crippen LogP contribution in [0, 0.1) is 10.1 Å². The molecule has 1 fully saturated rings. The van der Waals surface area contributed by atoms with Gasteiger partial charge in [0, 0.05) is 30.3 Å². The maximum absolute atomic E-state index is 12.5. The van der Waals surface area contributed by atoms with Crippen LogP contribution in [0.15, 0.2) is 23.0 Å². The van der Waals surface area contributed by atoms with Gasteiger partial charge in [-0.2, -0.15) is 9.97 Å². The molecule has 0 amide bonds. The first-order valence-electron chi connectivity index (χ1n) is 8.40. The van der Waals surface area contributed by atoms with Gasteiger partial charge in [0.2, 0.25) is 5.95 Å². The summed E-state index contributed by atoms with van der Waals surface area (Å²) in [5.41, 5.74) is 0.209. The minimum absolute atomic E-state index is 0.0164. The highest BCUT2D eigenvalue weighted by atomic mass is 35.5. The smallest absolute Gasteiger partial charge is 0.328 e. The average molecular weight is 425 g/mol. The molecule has 12 heteroatoms. The van der Waals surface area contributed by atoms with E-state index in [1.54, 1.807) is 0 Å². The van der Waals surface area contributed by atoms with Crippen LogP contribution in [-0.2, 0) is 4.74 Å². The Kier molecular flexibility index (Phi) is 4.92. The minimum Gasteiger partial charge on any atom is -0.381 e. The van der Waals surface area contributed by atoms with Crippen LogP contribution < -0.4 is 11.0 Å². The zero-order valence-corrected chi connectivity index (χ0v) is 15.8. The Bertz CT molecular complexity index is 1120. The zero-order chi connectivity index (χ0) is 19.8. The Hall–Kier alpha value is -2.69. The lowest BCUT2D eigenvalue weighted by atomic mass is 10.1. The predicted octanol–water partition coefficient (Wildman–Crippen LogP) is 3.43. The first-order valence-corrected chi connectivity index (χ1v) is 9.16. The first-order chi connectivity index (χ1) is 13.4. The lowest BCUT2D eigenvalue weighted by Gasteiger charge is -2.22. The van der Waals surface area contributed by atoms with E-state index in [-0.39, 0.29) is 34.2 Å². The van der Waals surface area contributed by atoms with Crippen LogP contribution in [0.5, 0.6) is 0 Å². The van der Waals surface area contributed by atoms with Crippen LogP contribution in [0.1, 0.15) is 18.9 Å². The second-order valence-corrected chi connectivity index (χ2v) is 7.02. The lowest BCUT2D eigenvalue weighted by Crippen LogP contribution is -2.27. The number of rotatable bonds is 4. The first kappa shape index (κ1) is 18.7. The number of nitrogens with zero attached hydrogens (tertiary/aromatic N) is 4. The van der Waals surface area contributed by atoms with Gasteiger partial charge in [0.15, 0.2) is 10.8 Å². The number of ether oxygens (including phenoxy) is 1. The van der Waals surface area contributed by atoms with Crippen LogP contribution in [0.3, 0.4) is 0 Å². The molecule has 0 atom stereocenters. The van der Waals surface area contributed by atoms with Crippen molar-refractivity contribution in [3.8, 4) is 0 Å². The molecule has 1 saturated heterocycles. The fraction of sp³-hybridized carbons (Fsp3) is 0.312. The maximum Gasteiger partial charge on any atom is 0.328 e. The van der Waals surface area contributed by atoms with E-state index in [9.17, 15) is 14.9 Å². The third-order valence-electron chi connectivity index (χ3n) is 4.48. The van der Waals surface area contributed by atoms with Crippen LogP contribution in [0.25, 0.3) is 11.2 Å². The van der Waals surface area contributed by atoms with Gasteiger partial charge in [-0.25, -0.2) is 4.79 Å². The van der Waals surface area contributed by atoms with Crippen LogP contribution in [0.4, 0.5) is 17.3 Å². The standard InChI is InChI=1S/C16H14Cl2N6O4/c17-8-1-2-11(24(26)27)10(7-8)19-15-21-13(18)12-14(22-15)23(16(25)20-12)9-3-5-28-6-4-9/h1-2,7,9H,3-6H2,(H,20,25)(H,19,21,22). The van der Waals surface area contributed by atoms with Crippen molar-refractivity contribution < 1.29 is 9.66 Å². The molecule has 4 rings (SSSR count). The number of hydrogen-bond donors (Lipinski definition) is 2. The molecule has 0 bridgehead atoms. The highest BCUT2D eigenvalue weighted by Gasteiger charge is 2.23. The Balaban J connectivity index is 1.80. The van der Waals surface area contributed by atoms with Crippen LogP contribution in [0.2, 0.25) is 10.2 Å². The van der Waals surface area contributed by atoms with Gasteiger partial charge in [-0.05, 0) is 25.0 Å². The number of aromatic nitrogens is 4. The van der Waals surface area contributed by atoms with Crippen molar-refractivity contribution in [2.24, 2.45) is 0 Å². The number of nitrogens with one attached hydrogen (secondary N) is 2. The molecule has 0 spiro atoms. The summed E-state index contributed by atoms with van der Waals surface area (Å²) in [7, 11) is 0. The molecular formula is C16H14Cl2N6O4. The average Bonchev–Trinajstić information content (AvgIpc) is 2.99. The van der Waals surface area contributed by atoms with Gasteiger partial charge in [-0.15, -0.1) is 0 Å². The quantitative estimate of drug-likeness (QED) is 0.372. The molecule has 0 unspecified atom stereocenters. The second-order valence-electron chi connectivity index (χ2n) is 6.22. The summed E-state index contributed by atoms with van der Waals surface area (Å²) in [6.07, 6.45) is 1.33. The summed E-state index contributed by atoms with van der Waals surface area (Å²) >= 11 is 12.2. The fourth-order valence-electron chi connectivity index (χ4n) is 3.19. The Labute approximate surface area is 167 Å². The number of nitro benzene ring substituents is 1.